The molecule has 0 spiro atoms. The standard InChI is InChI=1S/C16H21FN2O/c17-14-6-4-5-13-12(14)7-8-15(13)18-11-16(20)19-9-2-1-3-10-19/h4-6,15,18H,1-3,7-11H2. The SMILES string of the molecule is O=C(CNC1CCc2c(F)cccc21)N1CCCCC1. The average molecular weight is 276 g/mol. The lowest BCUT2D eigenvalue weighted by molar-refractivity contribution is -0.131. The molecule has 1 atom stereocenters. The van der Waals surface area contributed by atoms with Gasteiger partial charge in [-0.05, 0) is 49.3 Å². The summed E-state index contributed by atoms with van der Waals surface area (Å²) in [6, 6.07) is 5.35. The second kappa shape index (κ2) is 5.92. The van der Waals surface area contributed by atoms with Gasteiger partial charge in [-0.2, -0.15) is 0 Å². The fourth-order valence-corrected chi connectivity index (χ4v) is 3.29. The summed E-state index contributed by atoms with van der Waals surface area (Å²) >= 11 is 0. The topological polar surface area (TPSA) is 32.3 Å². The Kier molecular flexibility index (Phi) is 4.01. The van der Waals surface area contributed by atoms with Crippen molar-refractivity contribution < 1.29 is 9.18 Å². The lowest BCUT2D eigenvalue weighted by Gasteiger charge is -2.27. The fourth-order valence-electron chi connectivity index (χ4n) is 3.29. The minimum atomic E-state index is -0.117. The van der Waals surface area contributed by atoms with Crippen LogP contribution in [0.1, 0.15) is 42.9 Å². The molecule has 1 amide bonds. The summed E-state index contributed by atoms with van der Waals surface area (Å²) in [6.45, 7) is 2.13. The third-order valence-corrected chi connectivity index (χ3v) is 4.42. The normalized spacial score (nSPS) is 21.9. The van der Waals surface area contributed by atoms with Gasteiger partial charge in [0.15, 0.2) is 0 Å². The number of rotatable bonds is 3. The van der Waals surface area contributed by atoms with E-state index in [0.717, 1.165) is 49.9 Å². The number of nitrogens with zero attached hydrogens (tertiary/aromatic N) is 1. The molecule has 0 saturated carbocycles. The molecule has 0 aromatic heterocycles. The molecule has 0 radical (unpaired) electrons. The first-order valence-electron chi connectivity index (χ1n) is 7.54. The summed E-state index contributed by atoms with van der Waals surface area (Å²) in [5, 5.41) is 3.30. The number of benzene rings is 1. The van der Waals surface area contributed by atoms with E-state index in [1.54, 1.807) is 6.07 Å². The average Bonchev–Trinajstić information content (AvgIpc) is 2.90. The number of fused-ring (bicyclic) bond motifs is 1. The van der Waals surface area contributed by atoms with Crippen molar-refractivity contribution in [2.24, 2.45) is 0 Å². The van der Waals surface area contributed by atoms with Crippen LogP contribution in [-0.4, -0.2) is 30.4 Å². The Hall–Kier alpha value is -1.42. The largest absolute Gasteiger partial charge is 0.342 e. The maximum Gasteiger partial charge on any atom is 0.236 e. The highest BCUT2D eigenvalue weighted by Gasteiger charge is 2.25. The first-order valence-corrected chi connectivity index (χ1v) is 7.54. The molecule has 1 N–H and O–H groups in total. The van der Waals surface area contributed by atoms with Crippen LogP contribution in [0.2, 0.25) is 0 Å². The highest BCUT2D eigenvalue weighted by Crippen LogP contribution is 2.32. The third kappa shape index (κ3) is 2.70. The van der Waals surface area contributed by atoms with Crippen molar-refractivity contribution >= 4 is 5.91 Å². The van der Waals surface area contributed by atoms with Crippen LogP contribution < -0.4 is 5.32 Å². The summed E-state index contributed by atoms with van der Waals surface area (Å²) in [4.78, 5) is 14.1. The predicted molar refractivity (Wildman–Crippen MR) is 75.9 cm³/mol. The van der Waals surface area contributed by atoms with Gasteiger partial charge in [0, 0.05) is 19.1 Å². The Morgan fingerprint density at radius 2 is 2.10 bits per heavy atom. The Morgan fingerprint density at radius 1 is 1.30 bits per heavy atom. The molecule has 0 bridgehead atoms. The second-order valence-corrected chi connectivity index (χ2v) is 5.72. The van der Waals surface area contributed by atoms with E-state index in [1.807, 2.05) is 11.0 Å². The second-order valence-electron chi connectivity index (χ2n) is 5.72. The first kappa shape index (κ1) is 13.6. The van der Waals surface area contributed by atoms with Gasteiger partial charge in [-0.25, -0.2) is 4.39 Å². The molecule has 2 aliphatic rings. The van der Waals surface area contributed by atoms with Crippen LogP contribution in [0.5, 0.6) is 0 Å². The fraction of sp³-hybridized carbons (Fsp3) is 0.562. The van der Waals surface area contributed by atoms with Crippen LogP contribution in [0.3, 0.4) is 0 Å². The number of likely N-dealkylation sites (tertiary alicyclic amines) is 1. The highest BCUT2D eigenvalue weighted by molar-refractivity contribution is 5.78. The van der Waals surface area contributed by atoms with Gasteiger partial charge >= 0.3 is 0 Å². The van der Waals surface area contributed by atoms with E-state index < -0.39 is 0 Å². The number of carbonyl (C=O) groups excluding carboxylic acids is 1. The van der Waals surface area contributed by atoms with Crippen molar-refractivity contribution in [3.63, 3.8) is 0 Å². The zero-order chi connectivity index (χ0) is 13.9. The minimum Gasteiger partial charge on any atom is -0.342 e. The van der Waals surface area contributed by atoms with Gasteiger partial charge < -0.3 is 10.2 Å². The smallest absolute Gasteiger partial charge is 0.236 e. The van der Waals surface area contributed by atoms with Crippen LogP contribution in [0.15, 0.2) is 18.2 Å². The van der Waals surface area contributed by atoms with Crippen molar-refractivity contribution in [3.05, 3.63) is 35.1 Å². The molecule has 1 saturated heterocycles. The van der Waals surface area contributed by atoms with E-state index >= 15 is 0 Å². The van der Waals surface area contributed by atoms with E-state index in [1.165, 1.54) is 12.5 Å². The number of piperidine rings is 1. The predicted octanol–water partition coefficient (Wildman–Crippen LogP) is 2.42. The molecule has 1 aliphatic heterocycles. The van der Waals surface area contributed by atoms with Gasteiger partial charge in [0.05, 0.1) is 6.54 Å². The van der Waals surface area contributed by atoms with Crippen molar-refractivity contribution in [2.75, 3.05) is 19.6 Å². The lowest BCUT2D eigenvalue weighted by Crippen LogP contribution is -2.41. The lowest BCUT2D eigenvalue weighted by atomic mass is 10.1. The molecule has 4 heteroatoms. The molecule has 1 heterocycles. The third-order valence-electron chi connectivity index (χ3n) is 4.42. The Balaban J connectivity index is 1.58. The van der Waals surface area contributed by atoms with E-state index in [2.05, 4.69) is 5.32 Å². The van der Waals surface area contributed by atoms with Crippen LogP contribution in [0.4, 0.5) is 4.39 Å². The molecule has 1 fully saturated rings. The number of hydrogen-bond donors (Lipinski definition) is 1. The zero-order valence-corrected chi connectivity index (χ0v) is 11.7. The van der Waals surface area contributed by atoms with Gasteiger partial charge in [-0.1, -0.05) is 12.1 Å². The summed E-state index contributed by atoms with van der Waals surface area (Å²) in [5.74, 6) is 0.0590. The Bertz CT molecular complexity index is 497. The van der Waals surface area contributed by atoms with Gasteiger partial charge in [-0.3, -0.25) is 4.79 Å². The zero-order valence-electron chi connectivity index (χ0n) is 11.7. The van der Waals surface area contributed by atoms with Crippen molar-refractivity contribution in [1.29, 1.82) is 0 Å². The van der Waals surface area contributed by atoms with E-state index in [4.69, 9.17) is 0 Å². The maximum atomic E-state index is 13.7. The molecular weight excluding hydrogens is 255 g/mol. The molecule has 1 aromatic carbocycles. The molecule has 108 valence electrons. The van der Waals surface area contributed by atoms with Crippen LogP contribution >= 0.6 is 0 Å². The van der Waals surface area contributed by atoms with Crippen molar-refractivity contribution in [2.45, 2.75) is 38.1 Å². The number of amides is 1. The number of hydrogen-bond acceptors (Lipinski definition) is 2. The summed E-state index contributed by atoms with van der Waals surface area (Å²) in [5.41, 5.74) is 1.84. The van der Waals surface area contributed by atoms with Gasteiger partial charge in [0.25, 0.3) is 0 Å². The summed E-state index contributed by atoms with van der Waals surface area (Å²) in [7, 11) is 0. The van der Waals surface area contributed by atoms with Crippen LogP contribution in [0, 0.1) is 5.82 Å². The maximum absolute atomic E-state index is 13.7. The molecule has 1 unspecified atom stereocenters. The van der Waals surface area contributed by atoms with Crippen LogP contribution in [-0.2, 0) is 11.2 Å². The quantitative estimate of drug-likeness (QED) is 0.919. The van der Waals surface area contributed by atoms with Gasteiger partial charge in [0.1, 0.15) is 5.82 Å². The Morgan fingerprint density at radius 3 is 2.90 bits per heavy atom. The van der Waals surface area contributed by atoms with Crippen molar-refractivity contribution in [1.82, 2.24) is 10.2 Å². The first-order chi connectivity index (χ1) is 9.75. The highest BCUT2D eigenvalue weighted by atomic mass is 19.1. The molecule has 3 nitrogen and oxygen atoms in total. The summed E-state index contributed by atoms with van der Waals surface area (Å²) in [6.07, 6.45) is 5.10. The van der Waals surface area contributed by atoms with Crippen LogP contribution in [0.25, 0.3) is 0 Å². The molecule has 1 aliphatic carbocycles. The van der Waals surface area contributed by atoms with Gasteiger partial charge in [0.2, 0.25) is 5.91 Å². The molecular formula is C16H21FN2O. The van der Waals surface area contributed by atoms with E-state index in [0.29, 0.717) is 6.54 Å². The van der Waals surface area contributed by atoms with E-state index in [9.17, 15) is 9.18 Å². The number of nitrogens with one attached hydrogen (secondary N) is 1. The van der Waals surface area contributed by atoms with Crippen molar-refractivity contribution in [3.8, 4) is 0 Å². The molecule has 1 aromatic rings. The Labute approximate surface area is 119 Å². The van der Waals surface area contributed by atoms with E-state index in [-0.39, 0.29) is 17.8 Å². The number of carbonyl (C=O) groups is 1. The molecule has 3 rings (SSSR count). The monoisotopic (exact) mass is 276 g/mol. The summed E-state index contributed by atoms with van der Waals surface area (Å²) < 4.78 is 13.7. The molecule has 20 heavy (non-hydrogen) atoms. The number of halogens is 1. The van der Waals surface area contributed by atoms with Gasteiger partial charge in [-0.15, -0.1) is 0 Å². The minimum absolute atomic E-state index is 0.117.